The number of anilines is 2. The van der Waals surface area contributed by atoms with Gasteiger partial charge in [0.25, 0.3) is 0 Å². The molecule has 3 N–H and O–H groups in total. The molecular formula is C19H24N6O3. The molecule has 9 nitrogen and oxygen atoms in total. The summed E-state index contributed by atoms with van der Waals surface area (Å²) >= 11 is 0. The Morgan fingerprint density at radius 2 is 1.64 bits per heavy atom. The second-order valence-corrected chi connectivity index (χ2v) is 6.64. The van der Waals surface area contributed by atoms with Crippen LogP contribution in [0.2, 0.25) is 0 Å². The summed E-state index contributed by atoms with van der Waals surface area (Å²) in [6, 6.07) is 8.72. The monoisotopic (exact) mass is 384 g/mol. The first-order valence-electron chi connectivity index (χ1n) is 9.37. The Labute approximate surface area is 163 Å². The molecule has 2 aliphatic rings. The molecule has 2 fully saturated rings. The van der Waals surface area contributed by atoms with Crippen molar-refractivity contribution in [3.63, 3.8) is 0 Å². The van der Waals surface area contributed by atoms with Crippen molar-refractivity contribution in [3.05, 3.63) is 41.6 Å². The Balaban J connectivity index is 1.75. The first kappa shape index (κ1) is 18.5. The molecule has 2 aliphatic heterocycles. The van der Waals surface area contributed by atoms with E-state index in [4.69, 9.17) is 25.3 Å². The second-order valence-electron chi connectivity index (χ2n) is 6.64. The van der Waals surface area contributed by atoms with Gasteiger partial charge in [0.1, 0.15) is 17.3 Å². The van der Waals surface area contributed by atoms with Gasteiger partial charge >= 0.3 is 0 Å². The van der Waals surface area contributed by atoms with Crippen LogP contribution in [-0.4, -0.2) is 73.4 Å². The second kappa shape index (κ2) is 8.41. The topological polar surface area (TPSA) is 109 Å². The van der Waals surface area contributed by atoms with Crippen LogP contribution in [0.4, 0.5) is 11.8 Å². The molecule has 148 valence electrons. The Bertz CT molecular complexity index is 811. The fraction of sp³-hybridized carbons (Fsp3) is 0.421. The molecule has 1 aromatic carbocycles. The average Bonchev–Trinajstić information content (AvgIpc) is 2.75. The summed E-state index contributed by atoms with van der Waals surface area (Å²) in [6.07, 6.45) is 0. The minimum atomic E-state index is 0.148. The molecule has 0 unspecified atom stereocenters. The minimum absolute atomic E-state index is 0.148. The molecular weight excluding hydrogens is 360 g/mol. The lowest BCUT2D eigenvalue weighted by atomic mass is 10.1. The van der Waals surface area contributed by atoms with E-state index in [0.717, 1.165) is 32.0 Å². The van der Waals surface area contributed by atoms with E-state index in [1.165, 1.54) is 0 Å². The van der Waals surface area contributed by atoms with Gasteiger partial charge in [-0.15, -0.1) is 0 Å². The van der Waals surface area contributed by atoms with E-state index in [1.54, 1.807) is 18.2 Å². The summed E-state index contributed by atoms with van der Waals surface area (Å²) in [7, 11) is 0. The quantitative estimate of drug-likeness (QED) is 0.447. The van der Waals surface area contributed by atoms with Crippen molar-refractivity contribution < 1.29 is 14.6 Å². The van der Waals surface area contributed by atoms with Crippen molar-refractivity contribution in [1.82, 2.24) is 9.97 Å². The van der Waals surface area contributed by atoms with Crippen LogP contribution < -0.4 is 15.6 Å². The molecule has 0 bridgehead atoms. The summed E-state index contributed by atoms with van der Waals surface area (Å²) in [6.45, 7) is 5.60. The van der Waals surface area contributed by atoms with Crippen LogP contribution in [0.5, 0.6) is 5.75 Å². The van der Waals surface area contributed by atoms with Crippen LogP contribution in [0, 0.1) is 0 Å². The highest BCUT2D eigenvalue weighted by Gasteiger charge is 2.21. The summed E-state index contributed by atoms with van der Waals surface area (Å²) < 4.78 is 10.9. The number of rotatable bonds is 4. The smallest absolute Gasteiger partial charge is 0.228 e. The van der Waals surface area contributed by atoms with Gasteiger partial charge < -0.3 is 30.2 Å². The van der Waals surface area contributed by atoms with Gasteiger partial charge in [-0.3, -0.25) is 0 Å². The van der Waals surface area contributed by atoms with Crippen molar-refractivity contribution in [1.29, 1.82) is 0 Å². The van der Waals surface area contributed by atoms with Gasteiger partial charge in [-0.2, -0.15) is 10.1 Å². The Kier molecular flexibility index (Phi) is 5.54. The molecule has 0 radical (unpaired) electrons. The van der Waals surface area contributed by atoms with E-state index in [9.17, 15) is 5.11 Å². The molecule has 9 heteroatoms. The van der Waals surface area contributed by atoms with Crippen molar-refractivity contribution >= 4 is 17.5 Å². The normalized spacial score (nSPS) is 18.4. The van der Waals surface area contributed by atoms with Crippen LogP contribution in [0.3, 0.4) is 0 Å². The molecule has 0 spiro atoms. The van der Waals surface area contributed by atoms with E-state index >= 15 is 0 Å². The number of aromatic nitrogens is 2. The summed E-state index contributed by atoms with van der Waals surface area (Å²) in [5, 5.41) is 13.8. The van der Waals surface area contributed by atoms with E-state index in [-0.39, 0.29) is 5.75 Å². The van der Waals surface area contributed by atoms with E-state index in [0.29, 0.717) is 49.3 Å². The highest BCUT2D eigenvalue weighted by Crippen LogP contribution is 2.23. The molecule has 0 amide bonds. The van der Waals surface area contributed by atoms with E-state index < -0.39 is 0 Å². The number of phenols is 1. The number of nitrogens with zero attached hydrogens (tertiary/aromatic N) is 5. The predicted octanol–water partition coefficient (Wildman–Crippen LogP) is 0.566. The molecule has 1 aromatic heterocycles. The summed E-state index contributed by atoms with van der Waals surface area (Å²) in [5.41, 5.74) is 1.82. The fourth-order valence-corrected chi connectivity index (χ4v) is 3.34. The number of hydrazone groups is 1. The van der Waals surface area contributed by atoms with Crippen LogP contribution >= 0.6 is 0 Å². The number of phenolic OH excluding ortho intramolecular Hbond substituents is 1. The van der Waals surface area contributed by atoms with Gasteiger partial charge in [0.2, 0.25) is 5.95 Å². The zero-order valence-electron chi connectivity index (χ0n) is 15.6. The highest BCUT2D eigenvalue weighted by atomic mass is 16.5. The lowest BCUT2D eigenvalue weighted by Gasteiger charge is -2.31. The Morgan fingerprint density at radius 1 is 0.964 bits per heavy atom. The van der Waals surface area contributed by atoms with Gasteiger partial charge in [0, 0.05) is 37.8 Å². The number of hydrogen-bond donors (Lipinski definition) is 2. The first-order valence-corrected chi connectivity index (χ1v) is 9.37. The fourth-order valence-electron chi connectivity index (χ4n) is 3.34. The largest absolute Gasteiger partial charge is 0.508 e. The van der Waals surface area contributed by atoms with Crippen LogP contribution in [0.25, 0.3) is 0 Å². The predicted molar refractivity (Wildman–Crippen MR) is 106 cm³/mol. The van der Waals surface area contributed by atoms with Crippen LogP contribution in [-0.2, 0) is 9.47 Å². The van der Waals surface area contributed by atoms with E-state index in [2.05, 4.69) is 14.9 Å². The number of morpholine rings is 2. The number of benzene rings is 1. The van der Waals surface area contributed by atoms with Crippen molar-refractivity contribution in [2.75, 3.05) is 62.4 Å². The highest BCUT2D eigenvalue weighted by molar-refractivity contribution is 6.12. The molecule has 28 heavy (non-hydrogen) atoms. The maximum atomic E-state index is 9.85. The minimum Gasteiger partial charge on any atom is -0.508 e. The molecule has 2 saturated heterocycles. The number of ether oxygens (including phenoxy) is 2. The average molecular weight is 384 g/mol. The third-order valence-electron chi connectivity index (χ3n) is 4.82. The molecule has 0 aliphatic carbocycles. The lowest BCUT2D eigenvalue weighted by molar-refractivity contribution is 0.121. The Hall–Kier alpha value is -2.91. The molecule has 0 atom stereocenters. The van der Waals surface area contributed by atoms with Crippen LogP contribution in [0.1, 0.15) is 11.3 Å². The zero-order valence-corrected chi connectivity index (χ0v) is 15.6. The standard InChI is InChI=1S/C19H24N6O3/c20-23-18(14-2-1-3-15(26)12-14)16-13-17(24-4-8-27-9-5-24)22-19(21-16)25-6-10-28-11-7-25/h1-3,12-13,26H,4-11,20H2. The van der Waals surface area contributed by atoms with Crippen molar-refractivity contribution in [2.24, 2.45) is 10.9 Å². The van der Waals surface area contributed by atoms with Gasteiger partial charge in [0.15, 0.2) is 0 Å². The van der Waals surface area contributed by atoms with Crippen molar-refractivity contribution in [3.8, 4) is 5.75 Å². The van der Waals surface area contributed by atoms with Crippen molar-refractivity contribution in [2.45, 2.75) is 0 Å². The molecule has 4 rings (SSSR count). The molecule has 3 heterocycles. The molecule has 0 saturated carbocycles. The lowest BCUT2D eigenvalue weighted by Crippen LogP contribution is -2.39. The number of nitrogens with two attached hydrogens (primary N) is 1. The van der Waals surface area contributed by atoms with E-state index in [1.807, 2.05) is 12.1 Å². The maximum absolute atomic E-state index is 9.85. The third-order valence-corrected chi connectivity index (χ3v) is 4.82. The third kappa shape index (κ3) is 4.00. The number of hydrogen-bond acceptors (Lipinski definition) is 9. The summed E-state index contributed by atoms with van der Waals surface area (Å²) in [4.78, 5) is 13.8. The number of aromatic hydroxyl groups is 1. The zero-order chi connectivity index (χ0) is 19.3. The van der Waals surface area contributed by atoms with Gasteiger partial charge in [-0.1, -0.05) is 12.1 Å². The molecule has 2 aromatic rings. The van der Waals surface area contributed by atoms with Gasteiger partial charge in [-0.25, -0.2) is 4.98 Å². The Morgan fingerprint density at radius 3 is 2.29 bits per heavy atom. The van der Waals surface area contributed by atoms with Gasteiger partial charge in [-0.05, 0) is 12.1 Å². The van der Waals surface area contributed by atoms with Crippen LogP contribution in [0.15, 0.2) is 35.4 Å². The SMILES string of the molecule is NN=C(c1cccc(O)c1)c1cc(N2CCOCC2)nc(N2CCOCC2)n1. The summed E-state index contributed by atoms with van der Waals surface area (Å²) in [5.74, 6) is 7.31. The maximum Gasteiger partial charge on any atom is 0.228 e. The first-order chi connectivity index (χ1) is 13.7. The van der Waals surface area contributed by atoms with Gasteiger partial charge in [0.05, 0.1) is 32.1 Å².